The normalized spacial score (nSPS) is 18.9. The zero-order valence-corrected chi connectivity index (χ0v) is 11.1. The summed E-state index contributed by atoms with van der Waals surface area (Å²) >= 11 is 0. The zero-order valence-electron chi connectivity index (χ0n) is 11.1. The Bertz CT molecular complexity index is 334. The molecule has 1 aliphatic rings. The van der Waals surface area contributed by atoms with Gasteiger partial charge in [-0.15, -0.1) is 0 Å². The van der Waals surface area contributed by atoms with E-state index >= 15 is 0 Å². The Balaban J connectivity index is 0.000000686. The van der Waals surface area contributed by atoms with Crippen LogP contribution in [0.3, 0.4) is 0 Å². The van der Waals surface area contributed by atoms with Crippen molar-refractivity contribution < 1.29 is 4.79 Å². The molecule has 1 fully saturated rings. The number of carbonyl (C=O) groups excluding carboxylic acids is 1. The van der Waals surface area contributed by atoms with E-state index in [1.807, 2.05) is 43.9 Å². The van der Waals surface area contributed by atoms with Crippen molar-refractivity contribution in [2.45, 2.75) is 33.6 Å². The maximum absolute atomic E-state index is 11.7. The van der Waals surface area contributed by atoms with E-state index in [4.69, 9.17) is 0 Å². The molecule has 94 valence electrons. The summed E-state index contributed by atoms with van der Waals surface area (Å²) in [5.41, 5.74) is 1.31. The first-order valence-electron chi connectivity index (χ1n) is 6.60. The molecular weight excluding hydrogens is 210 g/mol. The summed E-state index contributed by atoms with van der Waals surface area (Å²) in [6.07, 6.45) is 1.99. The van der Waals surface area contributed by atoms with Gasteiger partial charge in [-0.05, 0) is 18.4 Å². The van der Waals surface area contributed by atoms with E-state index in [0.29, 0.717) is 5.91 Å². The van der Waals surface area contributed by atoms with E-state index in [2.05, 4.69) is 12.1 Å². The molecule has 1 atom stereocenters. The monoisotopic (exact) mass is 233 g/mol. The number of rotatable bonds is 3. The number of carbonyl (C=O) groups is 1. The Morgan fingerprint density at radius 2 is 1.88 bits per heavy atom. The highest BCUT2D eigenvalue weighted by Crippen LogP contribution is 2.17. The van der Waals surface area contributed by atoms with Gasteiger partial charge in [0.15, 0.2) is 0 Å². The molecule has 1 amide bonds. The first-order valence-corrected chi connectivity index (χ1v) is 6.60. The van der Waals surface area contributed by atoms with Crippen LogP contribution in [-0.2, 0) is 11.2 Å². The topological polar surface area (TPSA) is 20.3 Å². The van der Waals surface area contributed by atoms with E-state index in [0.717, 1.165) is 25.9 Å². The van der Waals surface area contributed by atoms with Crippen molar-refractivity contribution in [3.8, 4) is 0 Å². The molecule has 1 aromatic carbocycles. The maximum Gasteiger partial charge on any atom is 0.225 e. The van der Waals surface area contributed by atoms with Gasteiger partial charge in [-0.3, -0.25) is 4.79 Å². The summed E-state index contributed by atoms with van der Waals surface area (Å²) in [7, 11) is 0. The Morgan fingerprint density at radius 3 is 2.41 bits per heavy atom. The third-order valence-electron chi connectivity index (χ3n) is 3.08. The van der Waals surface area contributed by atoms with Crippen molar-refractivity contribution in [1.29, 1.82) is 0 Å². The van der Waals surface area contributed by atoms with Crippen LogP contribution in [0.2, 0.25) is 0 Å². The van der Waals surface area contributed by atoms with Crippen LogP contribution in [0.5, 0.6) is 0 Å². The Hall–Kier alpha value is -1.31. The summed E-state index contributed by atoms with van der Waals surface area (Å²) in [6.45, 7) is 7.82. The quantitative estimate of drug-likeness (QED) is 0.785. The molecule has 2 heteroatoms. The highest BCUT2D eigenvalue weighted by molar-refractivity contribution is 5.80. The van der Waals surface area contributed by atoms with Gasteiger partial charge in [0.1, 0.15) is 0 Å². The highest BCUT2D eigenvalue weighted by Gasteiger charge is 2.26. The Morgan fingerprint density at radius 1 is 1.24 bits per heavy atom. The average molecular weight is 233 g/mol. The minimum atomic E-state index is 0.237. The van der Waals surface area contributed by atoms with Crippen LogP contribution in [0.4, 0.5) is 0 Å². The smallest absolute Gasteiger partial charge is 0.225 e. The molecule has 1 heterocycles. The number of amides is 1. The van der Waals surface area contributed by atoms with Crippen molar-refractivity contribution in [3.63, 3.8) is 0 Å². The number of benzene rings is 1. The third-order valence-corrected chi connectivity index (χ3v) is 3.08. The molecule has 0 aliphatic carbocycles. The fourth-order valence-electron chi connectivity index (χ4n) is 2.03. The predicted molar refractivity (Wildman–Crippen MR) is 71.9 cm³/mol. The van der Waals surface area contributed by atoms with E-state index in [1.54, 1.807) is 0 Å². The van der Waals surface area contributed by atoms with Crippen LogP contribution in [0.25, 0.3) is 0 Å². The second-order valence-corrected chi connectivity index (χ2v) is 4.25. The average Bonchev–Trinajstić information content (AvgIpc) is 2.71. The molecule has 1 saturated heterocycles. The van der Waals surface area contributed by atoms with Gasteiger partial charge in [-0.2, -0.15) is 0 Å². The van der Waals surface area contributed by atoms with Gasteiger partial charge in [0.25, 0.3) is 0 Å². The molecule has 2 nitrogen and oxygen atoms in total. The highest BCUT2D eigenvalue weighted by atomic mass is 16.2. The summed E-state index contributed by atoms with van der Waals surface area (Å²) in [5.74, 6) is 0.562. The minimum Gasteiger partial charge on any atom is -0.342 e. The molecular formula is C15H23NO. The molecule has 0 radical (unpaired) electrons. The first kappa shape index (κ1) is 13.8. The van der Waals surface area contributed by atoms with Crippen LogP contribution >= 0.6 is 0 Å². The van der Waals surface area contributed by atoms with Crippen LogP contribution in [0.1, 0.15) is 32.8 Å². The number of nitrogens with zero attached hydrogens (tertiary/aromatic N) is 1. The Kier molecular flexibility index (Phi) is 5.75. The van der Waals surface area contributed by atoms with Gasteiger partial charge in [0, 0.05) is 19.0 Å². The predicted octanol–water partition coefficient (Wildman–Crippen LogP) is 3.12. The van der Waals surface area contributed by atoms with Gasteiger partial charge >= 0.3 is 0 Å². The second kappa shape index (κ2) is 7.10. The molecule has 1 unspecified atom stereocenters. The molecule has 1 aliphatic heterocycles. The molecule has 17 heavy (non-hydrogen) atoms. The third kappa shape index (κ3) is 3.88. The molecule has 2 rings (SSSR count). The minimum absolute atomic E-state index is 0.237. The molecule has 0 saturated carbocycles. The summed E-state index contributed by atoms with van der Waals surface area (Å²) in [5, 5.41) is 0. The van der Waals surface area contributed by atoms with Crippen molar-refractivity contribution in [1.82, 2.24) is 4.90 Å². The van der Waals surface area contributed by atoms with Gasteiger partial charge in [-0.25, -0.2) is 0 Å². The number of hydrogen-bond acceptors (Lipinski definition) is 1. The first-order chi connectivity index (χ1) is 8.27. The van der Waals surface area contributed by atoms with Crippen molar-refractivity contribution in [2.24, 2.45) is 5.92 Å². The number of hydrogen-bond donors (Lipinski definition) is 0. The summed E-state index contributed by atoms with van der Waals surface area (Å²) in [4.78, 5) is 13.6. The standard InChI is InChI=1S/C13H17NO.C2H6/c1-11-7-9-14(13(11)15)10-8-12-5-3-2-4-6-12;1-2/h2-6,11H,7-10H2,1H3;1-2H3. The van der Waals surface area contributed by atoms with Crippen molar-refractivity contribution >= 4 is 5.91 Å². The van der Waals surface area contributed by atoms with Crippen molar-refractivity contribution in [3.05, 3.63) is 35.9 Å². The SMILES string of the molecule is CC.CC1CCN(CCc2ccccc2)C1=O. The van der Waals surface area contributed by atoms with Crippen LogP contribution in [0.15, 0.2) is 30.3 Å². The number of likely N-dealkylation sites (tertiary alicyclic amines) is 1. The largest absolute Gasteiger partial charge is 0.342 e. The second-order valence-electron chi connectivity index (χ2n) is 4.25. The van der Waals surface area contributed by atoms with Crippen molar-refractivity contribution in [2.75, 3.05) is 13.1 Å². The lowest BCUT2D eigenvalue weighted by Crippen LogP contribution is -2.28. The Labute approximate surface area is 105 Å². The molecule has 1 aromatic rings. The van der Waals surface area contributed by atoms with E-state index in [1.165, 1.54) is 5.56 Å². The van der Waals surface area contributed by atoms with Crippen LogP contribution in [0, 0.1) is 5.92 Å². The van der Waals surface area contributed by atoms with Crippen LogP contribution in [-0.4, -0.2) is 23.9 Å². The summed E-state index contributed by atoms with van der Waals surface area (Å²) < 4.78 is 0. The molecule has 0 aromatic heterocycles. The lowest BCUT2D eigenvalue weighted by Gasteiger charge is -2.15. The fraction of sp³-hybridized carbons (Fsp3) is 0.533. The zero-order chi connectivity index (χ0) is 12.7. The fourth-order valence-corrected chi connectivity index (χ4v) is 2.03. The molecule has 0 bridgehead atoms. The lowest BCUT2D eigenvalue weighted by molar-refractivity contribution is -0.130. The molecule has 0 spiro atoms. The summed E-state index contributed by atoms with van der Waals surface area (Å²) in [6, 6.07) is 10.3. The van der Waals surface area contributed by atoms with Gasteiger partial charge in [-0.1, -0.05) is 51.1 Å². The van der Waals surface area contributed by atoms with E-state index < -0.39 is 0 Å². The molecule has 0 N–H and O–H groups in total. The van der Waals surface area contributed by atoms with Gasteiger partial charge < -0.3 is 4.90 Å². The maximum atomic E-state index is 11.7. The van der Waals surface area contributed by atoms with E-state index in [9.17, 15) is 4.79 Å². The van der Waals surface area contributed by atoms with Crippen LogP contribution < -0.4 is 0 Å². The van der Waals surface area contributed by atoms with Gasteiger partial charge in [0.05, 0.1) is 0 Å². The van der Waals surface area contributed by atoms with Gasteiger partial charge in [0.2, 0.25) is 5.91 Å². The lowest BCUT2D eigenvalue weighted by atomic mass is 10.1. The van der Waals surface area contributed by atoms with E-state index in [-0.39, 0.29) is 5.92 Å².